The third-order valence-corrected chi connectivity index (χ3v) is 3.74. The van der Waals surface area contributed by atoms with Crippen LogP contribution in [0.25, 0.3) is 11.0 Å². The van der Waals surface area contributed by atoms with Crippen molar-refractivity contribution in [1.82, 2.24) is 14.5 Å². The molecule has 0 atom stereocenters. The summed E-state index contributed by atoms with van der Waals surface area (Å²) in [5, 5.41) is 9.57. The van der Waals surface area contributed by atoms with E-state index in [9.17, 15) is 9.90 Å². The lowest BCUT2D eigenvalue weighted by Crippen LogP contribution is -2.37. The smallest absolute Gasteiger partial charge is 0.329 e. The molecule has 0 spiro atoms. The van der Waals surface area contributed by atoms with E-state index in [1.165, 1.54) is 5.56 Å². The number of aliphatic carboxylic acids is 1. The van der Waals surface area contributed by atoms with Crippen molar-refractivity contribution in [1.29, 1.82) is 0 Å². The zero-order valence-corrected chi connectivity index (χ0v) is 13.3. The number of aryl methyl sites for hydroxylation is 1. The first-order valence-electron chi connectivity index (χ1n) is 7.16. The molecule has 0 aliphatic rings. The Labute approximate surface area is 125 Å². The minimum absolute atomic E-state index is 0.604. The van der Waals surface area contributed by atoms with Crippen molar-refractivity contribution in [2.75, 3.05) is 14.1 Å². The van der Waals surface area contributed by atoms with Crippen molar-refractivity contribution in [2.24, 2.45) is 0 Å². The maximum absolute atomic E-state index is 11.7. The van der Waals surface area contributed by atoms with Gasteiger partial charge >= 0.3 is 5.97 Å². The molecule has 0 unspecified atom stereocenters. The topological polar surface area (TPSA) is 58.4 Å². The molecule has 21 heavy (non-hydrogen) atoms. The molecule has 1 N–H and O–H groups in total. The van der Waals surface area contributed by atoms with Crippen LogP contribution < -0.4 is 0 Å². The average Bonchev–Trinajstić information content (AvgIpc) is 2.74. The number of benzene rings is 1. The van der Waals surface area contributed by atoms with Gasteiger partial charge in [0.05, 0.1) is 17.6 Å². The van der Waals surface area contributed by atoms with Crippen molar-refractivity contribution in [2.45, 2.75) is 39.3 Å². The van der Waals surface area contributed by atoms with Crippen LogP contribution in [0.5, 0.6) is 0 Å². The van der Waals surface area contributed by atoms with Gasteiger partial charge in [-0.15, -0.1) is 0 Å². The predicted molar refractivity (Wildman–Crippen MR) is 83.5 cm³/mol. The highest BCUT2D eigenvalue weighted by molar-refractivity contribution is 5.83. The van der Waals surface area contributed by atoms with E-state index in [0.29, 0.717) is 6.54 Å². The number of hydrogen-bond acceptors (Lipinski definition) is 3. The van der Waals surface area contributed by atoms with Gasteiger partial charge in [-0.1, -0.05) is 13.0 Å². The van der Waals surface area contributed by atoms with Crippen molar-refractivity contribution < 1.29 is 9.90 Å². The molecular weight excluding hydrogens is 266 g/mol. The number of nitrogens with zero attached hydrogens (tertiary/aromatic N) is 3. The van der Waals surface area contributed by atoms with Crippen LogP contribution in [0.4, 0.5) is 0 Å². The second kappa shape index (κ2) is 5.48. The molecule has 0 bridgehead atoms. The van der Waals surface area contributed by atoms with Crippen LogP contribution in [-0.4, -0.2) is 39.6 Å². The number of imidazole rings is 1. The Morgan fingerprint density at radius 2 is 2.05 bits per heavy atom. The zero-order valence-electron chi connectivity index (χ0n) is 13.3. The molecule has 0 aliphatic heterocycles. The van der Waals surface area contributed by atoms with Crippen LogP contribution in [0.15, 0.2) is 18.2 Å². The minimum Gasteiger partial charge on any atom is -0.480 e. The highest BCUT2D eigenvalue weighted by Gasteiger charge is 2.33. The predicted octanol–water partition coefficient (Wildman–Crippen LogP) is 2.48. The lowest BCUT2D eigenvalue weighted by atomic mass is 10.0. The molecule has 0 saturated heterocycles. The van der Waals surface area contributed by atoms with Gasteiger partial charge < -0.3 is 14.6 Å². The fourth-order valence-electron chi connectivity index (χ4n) is 2.50. The molecule has 1 aromatic carbocycles. The van der Waals surface area contributed by atoms with E-state index >= 15 is 0 Å². The Morgan fingerprint density at radius 3 is 2.57 bits per heavy atom. The molecule has 0 fully saturated rings. The molecule has 5 nitrogen and oxygen atoms in total. The van der Waals surface area contributed by atoms with Gasteiger partial charge in [-0.2, -0.15) is 0 Å². The second-order valence-electron chi connectivity index (χ2n) is 6.14. The van der Waals surface area contributed by atoms with E-state index in [2.05, 4.69) is 11.9 Å². The Hall–Kier alpha value is -1.88. The zero-order chi connectivity index (χ0) is 15.8. The van der Waals surface area contributed by atoms with Gasteiger partial charge in [-0.3, -0.25) is 0 Å². The van der Waals surface area contributed by atoms with Crippen LogP contribution in [0.3, 0.4) is 0 Å². The van der Waals surface area contributed by atoms with Gasteiger partial charge in [0.2, 0.25) is 0 Å². The first-order valence-corrected chi connectivity index (χ1v) is 7.16. The van der Waals surface area contributed by atoms with Crippen LogP contribution in [0.1, 0.15) is 32.2 Å². The molecule has 2 aromatic rings. The third-order valence-electron chi connectivity index (χ3n) is 3.74. The maximum Gasteiger partial charge on any atom is 0.329 e. The van der Waals surface area contributed by atoms with E-state index in [-0.39, 0.29) is 0 Å². The van der Waals surface area contributed by atoms with E-state index in [4.69, 9.17) is 0 Å². The first kappa shape index (κ1) is 15.5. The Bertz CT molecular complexity index is 671. The van der Waals surface area contributed by atoms with Crippen molar-refractivity contribution in [3.05, 3.63) is 29.6 Å². The van der Waals surface area contributed by atoms with Gasteiger partial charge in [0.1, 0.15) is 11.4 Å². The summed E-state index contributed by atoms with van der Waals surface area (Å²) in [6.07, 6.45) is 0.939. The molecule has 0 amide bonds. The summed E-state index contributed by atoms with van der Waals surface area (Å²) in [6.45, 7) is 6.12. The van der Waals surface area contributed by atoms with E-state index < -0.39 is 11.5 Å². The highest BCUT2D eigenvalue weighted by Crippen LogP contribution is 2.27. The SMILES string of the molecule is CCc1ccc2c(c1)nc(CN(C)C)n2C(C)(C)C(=O)O. The van der Waals surface area contributed by atoms with Gasteiger partial charge in [0.15, 0.2) is 0 Å². The molecule has 5 heteroatoms. The van der Waals surface area contributed by atoms with Crippen LogP contribution in [0, 0.1) is 0 Å². The number of aromatic nitrogens is 2. The van der Waals surface area contributed by atoms with Gasteiger partial charge in [0, 0.05) is 0 Å². The van der Waals surface area contributed by atoms with Gasteiger partial charge in [0.25, 0.3) is 0 Å². The molecule has 1 heterocycles. The second-order valence-corrected chi connectivity index (χ2v) is 6.14. The van der Waals surface area contributed by atoms with Crippen LogP contribution in [-0.2, 0) is 23.3 Å². The lowest BCUT2D eigenvalue weighted by molar-refractivity contribution is -0.145. The molecule has 1 aromatic heterocycles. The molecular formula is C16H23N3O2. The molecule has 0 aliphatic carbocycles. The van der Waals surface area contributed by atoms with Gasteiger partial charge in [-0.05, 0) is 52.1 Å². The van der Waals surface area contributed by atoms with Crippen molar-refractivity contribution in [3.63, 3.8) is 0 Å². The van der Waals surface area contributed by atoms with Gasteiger partial charge in [-0.25, -0.2) is 9.78 Å². The Balaban J connectivity index is 2.72. The first-order chi connectivity index (χ1) is 9.77. The van der Waals surface area contributed by atoms with E-state index in [1.807, 2.05) is 41.8 Å². The normalized spacial score (nSPS) is 12.3. The number of fused-ring (bicyclic) bond motifs is 1. The maximum atomic E-state index is 11.7. The van der Waals surface area contributed by atoms with Crippen molar-refractivity contribution in [3.8, 4) is 0 Å². The minimum atomic E-state index is -1.03. The standard InChI is InChI=1S/C16H23N3O2/c1-6-11-7-8-13-12(9-11)17-14(10-18(4)5)19(13)16(2,3)15(20)21/h7-9H,6,10H2,1-5H3,(H,20,21). The van der Waals surface area contributed by atoms with Crippen LogP contribution in [0.2, 0.25) is 0 Å². The van der Waals surface area contributed by atoms with Crippen LogP contribution >= 0.6 is 0 Å². The Kier molecular flexibility index (Phi) is 4.05. The number of carbonyl (C=O) groups is 1. The number of carboxylic acid groups (broad SMARTS) is 1. The highest BCUT2D eigenvalue weighted by atomic mass is 16.4. The number of hydrogen-bond donors (Lipinski definition) is 1. The molecule has 0 saturated carbocycles. The summed E-state index contributed by atoms with van der Waals surface area (Å²) >= 11 is 0. The van der Waals surface area contributed by atoms with Crippen molar-refractivity contribution >= 4 is 17.0 Å². The fourth-order valence-corrected chi connectivity index (χ4v) is 2.50. The monoisotopic (exact) mass is 289 g/mol. The Morgan fingerprint density at radius 1 is 1.38 bits per heavy atom. The number of rotatable bonds is 5. The lowest BCUT2D eigenvalue weighted by Gasteiger charge is -2.25. The summed E-state index contributed by atoms with van der Waals surface area (Å²) in [4.78, 5) is 18.3. The summed E-state index contributed by atoms with van der Waals surface area (Å²) in [5.41, 5.74) is 1.90. The largest absolute Gasteiger partial charge is 0.480 e. The summed E-state index contributed by atoms with van der Waals surface area (Å²) in [7, 11) is 3.91. The number of carboxylic acids is 1. The third kappa shape index (κ3) is 2.78. The summed E-state index contributed by atoms with van der Waals surface area (Å²) < 4.78 is 1.84. The summed E-state index contributed by atoms with van der Waals surface area (Å²) in [6, 6.07) is 6.06. The summed E-state index contributed by atoms with van der Waals surface area (Å²) in [5.74, 6) is -0.0861. The van der Waals surface area contributed by atoms with E-state index in [0.717, 1.165) is 23.3 Å². The quantitative estimate of drug-likeness (QED) is 0.918. The molecule has 0 radical (unpaired) electrons. The fraction of sp³-hybridized carbons (Fsp3) is 0.500. The molecule has 114 valence electrons. The average molecular weight is 289 g/mol. The molecule has 2 rings (SSSR count). The van der Waals surface area contributed by atoms with E-state index in [1.54, 1.807) is 13.8 Å².